The number of carbonyl (C=O) groups is 3. The first-order valence-electron chi connectivity index (χ1n) is 13.6. The van der Waals surface area contributed by atoms with Crippen molar-refractivity contribution in [1.82, 2.24) is 10.6 Å². The van der Waals surface area contributed by atoms with Gasteiger partial charge in [-0.2, -0.15) is 0 Å². The molecule has 7 heteroatoms. The van der Waals surface area contributed by atoms with E-state index in [2.05, 4.69) is 10.6 Å². The number of esters is 1. The molecule has 0 bridgehead atoms. The van der Waals surface area contributed by atoms with Crippen LogP contribution in [0.4, 0.5) is 0 Å². The van der Waals surface area contributed by atoms with Crippen molar-refractivity contribution in [1.29, 1.82) is 0 Å². The molecular formula is C31H40N2O5. The van der Waals surface area contributed by atoms with Gasteiger partial charge in [-0.15, -0.1) is 0 Å². The Morgan fingerprint density at radius 2 is 1.71 bits per heavy atom. The van der Waals surface area contributed by atoms with Gasteiger partial charge in [0.2, 0.25) is 11.8 Å². The van der Waals surface area contributed by atoms with Crippen LogP contribution in [0.2, 0.25) is 0 Å². The Hall–Kier alpha value is -3.45. The Balaban J connectivity index is 1.59. The van der Waals surface area contributed by atoms with Crippen molar-refractivity contribution in [3.63, 3.8) is 0 Å². The van der Waals surface area contributed by atoms with Gasteiger partial charge >= 0.3 is 5.97 Å². The molecule has 0 saturated carbocycles. The maximum Gasteiger partial charge on any atom is 0.309 e. The summed E-state index contributed by atoms with van der Waals surface area (Å²) in [5.41, 5.74) is 2.11. The number of hydrogen-bond donors (Lipinski definition) is 3. The van der Waals surface area contributed by atoms with E-state index in [-0.39, 0.29) is 43.3 Å². The first-order valence-corrected chi connectivity index (χ1v) is 13.6. The number of amides is 2. The average molecular weight is 521 g/mol. The van der Waals surface area contributed by atoms with Gasteiger partial charge in [-0.05, 0) is 56.6 Å². The third kappa shape index (κ3) is 10.1. The molecule has 204 valence electrons. The van der Waals surface area contributed by atoms with Gasteiger partial charge in [-0.1, -0.05) is 72.8 Å². The number of cyclic esters (lactones) is 1. The Kier molecular flexibility index (Phi) is 12.0. The minimum Gasteiger partial charge on any atom is -0.461 e. The fraction of sp³-hybridized carbons (Fsp3) is 0.452. The summed E-state index contributed by atoms with van der Waals surface area (Å²) in [6, 6.07) is 19.1. The van der Waals surface area contributed by atoms with Crippen molar-refractivity contribution in [3.05, 3.63) is 83.9 Å². The molecule has 0 spiro atoms. The summed E-state index contributed by atoms with van der Waals surface area (Å²) in [6.07, 6.45) is 7.37. The van der Waals surface area contributed by atoms with Gasteiger partial charge in [-0.3, -0.25) is 14.4 Å². The van der Waals surface area contributed by atoms with Crippen LogP contribution in [0.25, 0.3) is 0 Å². The van der Waals surface area contributed by atoms with Crippen molar-refractivity contribution < 1.29 is 24.2 Å². The molecule has 1 aliphatic heterocycles. The fourth-order valence-corrected chi connectivity index (χ4v) is 4.64. The lowest BCUT2D eigenvalue weighted by Crippen LogP contribution is -2.42. The molecule has 0 unspecified atom stereocenters. The van der Waals surface area contributed by atoms with Crippen LogP contribution in [-0.4, -0.2) is 48.2 Å². The molecule has 0 radical (unpaired) electrons. The van der Waals surface area contributed by atoms with Crippen LogP contribution in [-0.2, 0) is 32.0 Å². The predicted octanol–water partition coefficient (Wildman–Crippen LogP) is 3.75. The van der Waals surface area contributed by atoms with Crippen LogP contribution in [0.3, 0.4) is 0 Å². The van der Waals surface area contributed by atoms with Gasteiger partial charge in [-0.25, -0.2) is 0 Å². The van der Waals surface area contributed by atoms with Crippen LogP contribution in [0.15, 0.2) is 72.8 Å². The Morgan fingerprint density at radius 3 is 2.39 bits per heavy atom. The van der Waals surface area contributed by atoms with Crippen molar-refractivity contribution in [2.75, 3.05) is 13.2 Å². The molecule has 7 nitrogen and oxygen atoms in total. The molecule has 0 fully saturated rings. The highest BCUT2D eigenvalue weighted by Gasteiger charge is 2.25. The summed E-state index contributed by atoms with van der Waals surface area (Å²) >= 11 is 0. The van der Waals surface area contributed by atoms with E-state index in [1.54, 1.807) is 6.92 Å². The van der Waals surface area contributed by atoms with Crippen LogP contribution >= 0.6 is 0 Å². The maximum absolute atomic E-state index is 13.0. The molecule has 4 atom stereocenters. The zero-order chi connectivity index (χ0) is 27.2. The van der Waals surface area contributed by atoms with E-state index in [0.29, 0.717) is 25.7 Å². The highest BCUT2D eigenvalue weighted by molar-refractivity contribution is 5.86. The van der Waals surface area contributed by atoms with Gasteiger partial charge in [0.05, 0.1) is 31.0 Å². The first kappa shape index (κ1) is 29.1. The van der Waals surface area contributed by atoms with Crippen LogP contribution in [0.5, 0.6) is 0 Å². The lowest BCUT2D eigenvalue weighted by atomic mass is 9.93. The summed E-state index contributed by atoms with van der Waals surface area (Å²) in [6.45, 7) is 1.75. The van der Waals surface area contributed by atoms with Crippen molar-refractivity contribution in [2.24, 2.45) is 11.8 Å². The zero-order valence-electron chi connectivity index (χ0n) is 22.2. The average Bonchev–Trinajstić information content (AvgIpc) is 2.92. The summed E-state index contributed by atoms with van der Waals surface area (Å²) in [5.74, 6) is -1.58. The molecule has 38 heavy (non-hydrogen) atoms. The van der Waals surface area contributed by atoms with E-state index in [1.807, 2.05) is 72.8 Å². The molecule has 3 rings (SSSR count). The number of aliphatic hydroxyl groups excluding tert-OH is 1. The minimum atomic E-state index is -0.556. The van der Waals surface area contributed by atoms with Crippen molar-refractivity contribution >= 4 is 17.8 Å². The predicted molar refractivity (Wildman–Crippen MR) is 147 cm³/mol. The Bertz CT molecular complexity index is 1040. The monoisotopic (exact) mass is 520 g/mol. The van der Waals surface area contributed by atoms with Crippen molar-refractivity contribution in [3.8, 4) is 0 Å². The van der Waals surface area contributed by atoms with Gasteiger partial charge in [0.25, 0.3) is 0 Å². The standard InChI is InChI=1S/C31H40N2O5/c1-23-21-32-30(36)26(20-29(35)33-28(22-34)19-25-14-8-5-9-15-25)16-10-2-3-11-17-27(31(37)38-23)18-24-12-6-4-7-13-24/h2,4-10,12-15,23,26-28,34H,3,11,16-22H2,1H3,(H,32,36)(H,33,35)/t23-,26+,27+,28+/m0/s1. The zero-order valence-corrected chi connectivity index (χ0v) is 22.2. The number of allylic oxidation sites excluding steroid dienone is 2. The summed E-state index contributed by atoms with van der Waals surface area (Å²) in [4.78, 5) is 38.7. The van der Waals surface area contributed by atoms with Crippen LogP contribution < -0.4 is 10.6 Å². The van der Waals surface area contributed by atoms with Crippen LogP contribution in [0, 0.1) is 11.8 Å². The quantitative estimate of drug-likeness (QED) is 0.363. The molecule has 0 saturated heterocycles. The lowest BCUT2D eigenvalue weighted by molar-refractivity contribution is -0.153. The Morgan fingerprint density at radius 1 is 1.03 bits per heavy atom. The number of benzene rings is 2. The molecule has 0 aromatic heterocycles. The van der Waals surface area contributed by atoms with E-state index in [4.69, 9.17) is 4.74 Å². The second kappa shape index (κ2) is 15.7. The fourth-order valence-electron chi connectivity index (χ4n) is 4.64. The van der Waals surface area contributed by atoms with E-state index in [1.165, 1.54) is 0 Å². The summed E-state index contributed by atoms with van der Waals surface area (Å²) in [5, 5.41) is 15.5. The molecule has 2 aromatic rings. The molecule has 3 N–H and O–H groups in total. The number of ether oxygens (including phenoxy) is 1. The molecular weight excluding hydrogens is 480 g/mol. The topological polar surface area (TPSA) is 105 Å². The van der Waals surface area contributed by atoms with E-state index >= 15 is 0 Å². The highest BCUT2D eigenvalue weighted by atomic mass is 16.5. The SMILES string of the molecule is C[C@H]1CNC(=O)[C@@H](CC(=O)N[C@@H](CO)Cc2ccccc2)CC=CCCC[C@H](Cc2ccccc2)C(=O)O1. The number of carbonyl (C=O) groups excluding carboxylic acids is 3. The number of hydrogen-bond acceptors (Lipinski definition) is 5. The largest absolute Gasteiger partial charge is 0.461 e. The van der Waals surface area contributed by atoms with Crippen LogP contribution in [0.1, 0.15) is 50.2 Å². The molecule has 1 heterocycles. The van der Waals surface area contributed by atoms with E-state index in [0.717, 1.165) is 24.0 Å². The Labute approximate surface area is 225 Å². The third-order valence-electron chi connectivity index (χ3n) is 6.76. The van der Waals surface area contributed by atoms with Gasteiger partial charge in [0.1, 0.15) is 6.10 Å². The highest BCUT2D eigenvalue weighted by Crippen LogP contribution is 2.19. The van der Waals surface area contributed by atoms with E-state index < -0.39 is 18.1 Å². The first-order chi connectivity index (χ1) is 18.4. The van der Waals surface area contributed by atoms with Gasteiger partial charge < -0.3 is 20.5 Å². The number of nitrogens with one attached hydrogen (secondary N) is 2. The number of aliphatic hydroxyl groups is 1. The normalized spacial score (nSPS) is 22.0. The van der Waals surface area contributed by atoms with Gasteiger partial charge in [0.15, 0.2) is 0 Å². The second-order valence-corrected chi connectivity index (χ2v) is 10.1. The molecule has 0 aliphatic carbocycles. The maximum atomic E-state index is 13.0. The minimum absolute atomic E-state index is 0.00871. The second-order valence-electron chi connectivity index (χ2n) is 10.1. The smallest absolute Gasteiger partial charge is 0.309 e. The lowest BCUT2D eigenvalue weighted by Gasteiger charge is -2.22. The summed E-state index contributed by atoms with van der Waals surface area (Å²) < 4.78 is 5.69. The number of rotatable bonds is 8. The molecule has 1 aliphatic rings. The summed E-state index contributed by atoms with van der Waals surface area (Å²) in [7, 11) is 0. The van der Waals surface area contributed by atoms with E-state index in [9.17, 15) is 19.5 Å². The third-order valence-corrected chi connectivity index (χ3v) is 6.76. The van der Waals surface area contributed by atoms with Gasteiger partial charge in [0, 0.05) is 6.42 Å². The molecule has 2 amide bonds. The molecule has 2 aromatic carbocycles. The van der Waals surface area contributed by atoms with Crippen molar-refractivity contribution in [2.45, 2.75) is 64.0 Å².